The maximum Gasteiger partial charge on any atom is 0.241 e. The summed E-state index contributed by atoms with van der Waals surface area (Å²) in [4.78, 5) is 11.1. The van der Waals surface area contributed by atoms with E-state index in [1.165, 1.54) is 24.3 Å². The third-order valence-corrected chi connectivity index (χ3v) is 5.23. The highest BCUT2D eigenvalue weighted by atomic mass is 32.2. The minimum atomic E-state index is -3.97. The highest BCUT2D eigenvalue weighted by Gasteiger charge is 2.22. The van der Waals surface area contributed by atoms with Crippen LogP contribution in [-0.4, -0.2) is 20.4 Å². The van der Waals surface area contributed by atoms with Crippen molar-refractivity contribution in [3.05, 3.63) is 54.1 Å². The molecule has 0 aliphatic rings. The molecular formula is C19H22NO5S-. The number of sulfonamides is 1. The fourth-order valence-corrected chi connectivity index (χ4v) is 3.60. The number of hydrogen-bond donors (Lipinski definition) is 1. The smallest absolute Gasteiger partial charge is 0.241 e. The zero-order valence-electron chi connectivity index (χ0n) is 14.9. The van der Waals surface area contributed by atoms with Gasteiger partial charge in [-0.1, -0.05) is 32.0 Å². The fourth-order valence-electron chi connectivity index (χ4n) is 2.40. The second-order valence-corrected chi connectivity index (χ2v) is 8.18. The average molecular weight is 376 g/mol. The van der Waals surface area contributed by atoms with Crippen LogP contribution in [0.1, 0.15) is 25.8 Å². The Morgan fingerprint density at radius 2 is 1.73 bits per heavy atom. The van der Waals surface area contributed by atoms with Gasteiger partial charge in [-0.2, -0.15) is 0 Å². The SMILES string of the molecule is Cc1ccccc1Oc1ccc(S(=O)(=O)N[C@H](CC(C)C)C(=O)[O-])cc1. The molecule has 140 valence electrons. The zero-order valence-corrected chi connectivity index (χ0v) is 15.7. The number of hydrogen-bond acceptors (Lipinski definition) is 5. The van der Waals surface area contributed by atoms with Crippen LogP contribution in [0.3, 0.4) is 0 Å². The summed E-state index contributed by atoms with van der Waals surface area (Å²) in [5.41, 5.74) is 0.955. The first-order valence-electron chi connectivity index (χ1n) is 8.26. The van der Waals surface area contributed by atoms with Crippen molar-refractivity contribution in [1.82, 2.24) is 4.72 Å². The molecule has 7 heteroatoms. The van der Waals surface area contributed by atoms with Crippen molar-refractivity contribution in [2.24, 2.45) is 5.92 Å². The molecule has 1 atom stereocenters. The lowest BCUT2D eigenvalue weighted by atomic mass is 10.1. The Morgan fingerprint density at radius 3 is 2.27 bits per heavy atom. The second-order valence-electron chi connectivity index (χ2n) is 6.46. The molecule has 0 amide bonds. The van der Waals surface area contributed by atoms with Gasteiger partial charge in [-0.15, -0.1) is 0 Å². The lowest BCUT2D eigenvalue weighted by Crippen LogP contribution is -2.48. The molecule has 0 aromatic heterocycles. The highest BCUT2D eigenvalue weighted by molar-refractivity contribution is 7.89. The molecule has 0 aliphatic heterocycles. The van der Waals surface area contributed by atoms with Crippen LogP contribution in [0.15, 0.2) is 53.4 Å². The maximum absolute atomic E-state index is 12.4. The monoisotopic (exact) mass is 376 g/mol. The molecule has 0 unspecified atom stereocenters. The molecule has 0 radical (unpaired) electrons. The first kappa shape index (κ1) is 19.9. The van der Waals surface area contributed by atoms with E-state index in [4.69, 9.17) is 4.74 Å². The van der Waals surface area contributed by atoms with Gasteiger partial charge in [-0.25, -0.2) is 13.1 Å². The number of carboxylic acids is 1. The summed E-state index contributed by atoms with van der Waals surface area (Å²) < 4.78 is 32.7. The van der Waals surface area contributed by atoms with Crippen LogP contribution in [-0.2, 0) is 14.8 Å². The van der Waals surface area contributed by atoms with Crippen molar-refractivity contribution < 1.29 is 23.1 Å². The summed E-state index contributed by atoms with van der Waals surface area (Å²) in [6.07, 6.45) is 0.149. The van der Waals surface area contributed by atoms with E-state index in [0.29, 0.717) is 11.5 Å². The summed E-state index contributed by atoms with van der Waals surface area (Å²) >= 11 is 0. The zero-order chi connectivity index (χ0) is 19.3. The Bertz CT molecular complexity index is 860. The summed E-state index contributed by atoms with van der Waals surface area (Å²) in [5, 5.41) is 11.2. The lowest BCUT2D eigenvalue weighted by Gasteiger charge is -2.21. The fraction of sp³-hybridized carbons (Fsp3) is 0.316. The van der Waals surface area contributed by atoms with E-state index >= 15 is 0 Å². The predicted octanol–water partition coefficient (Wildman–Crippen LogP) is 2.23. The standard InChI is InChI=1S/C19H23NO5S/c1-13(2)12-17(19(21)22)20-26(23,24)16-10-8-15(9-11-16)25-18-7-5-4-6-14(18)3/h4-11,13,17,20H,12H2,1-3H3,(H,21,22)/p-1/t17-/m1/s1. The van der Waals surface area contributed by atoms with Gasteiger partial charge >= 0.3 is 0 Å². The third kappa shape index (κ3) is 5.31. The highest BCUT2D eigenvalue weighted by Crippen LogP contribution is 2.25. The molecule has 0 aliphatic carbocycles. The van der Waals surface area contributed by atoms with E-state index in [0.717, 1.165) is 5.56 Å². The number of ether oxygens (including phenoxy) is 1. The van der Waals surface area contributed by atoms with Crippen LogP contribution in [0.5, 0.6) is 11.5 Å². The van der Waals surface area contributed by atoms with Gasteiger partial charge < -0.3 is 14.6 Å². The Kier molecular flexibility index (Phi) is 6.39. The molecule has 1 N–H and O–H groups in total. The topological polar surface area (TPSA) is 95.5 Å². The largest absolute Gasteiger partial charge is 0.548 e. The molecule has 0 saturated heterocycles. The van der Waals surface area contributed by atoms with Gasteiger partial charge in [-0.3, -0.25) is 0 Å². The molecule has 0 saturated carbocycles. The summed E-state index contributed by atoms with van der Waals surface area (Å²) in [7, 11) is -3.97. The quantitative estimate of drug-likeness (QED) is 0.762. The van der Waals surface area contributed by atoms with E-state index in [9.17, 15) is 18.3 Å². The lowest BCUT2D eigenvalue weighted by molar-refractivity contribution is -0.308. The third-order valence-electron chi connectivity index (χ3n) is 3.74. The van der Waals surface area contributed by atoms with Crippen molar-refractivity contribution in [3.8, 4) is 11.5 Å². The molecule has 26 heavy (non-hydrogen) atoms. The maximum atomic E-state index is 12.4. The van der Waals surface area contributed by atoms with E-state index in [1.807, 2.05) is 45.0 Å². The van der Waals surface area contributed by atoms with E-state index in [2.05, 4.69) is 4.72 Å². The Morgan fingerprint density at radius 1 is 1.12 bits per heavy atom. The van der Waals surface area contributed by atoms with Crippen LogP contribution in [0.2, 0.25) is 0 Å². The minimum absolute atomic E-state index is 0.00508. The summed E-state index contributed by atoms with van der Waals surface area (Å²) in [5.74, 6) is -0.278. The first-order valence-corrected chi connectivity index (χ1v) is 9.74. The van der Waals surface area contributed by atoms with Crippen molar-refractivity contribution >= 4 is 16.0 Å². The summed E-state index contributed by atoms with van der Waals surface area (Å²) in [6.45, 7) is 5.52. The van der Waals surface area contributed by atoms with Crippen molar-refractivity contribution in [2.45, 2.75) is 38.1 Å². The molecule has 6 nitrogen and oxygen atoms in total. The van der Waals surface area contributed by atoms with Crippen LogP contribution < -0.4 is 14.6 Å². The van der Waals surface area contributed by atoms with Gasteiger partial charge in [-0.05, 0) is 55.2 Å². The van der Waals surface area contributed by atoms with Gasteiger partial charge in [0, 0.05) is 0 Å². The predicted molar refractivity (Wildman–Crippen MR) is 96.3 cm³/mol. The first-order chi connectivity index (χ1) is 12.2. The van der Waals surface area contributed by atoms with Gasteiger partial charge in [0.25, 0.3) is 0 Å². The number of carbonyl (C=O) groups excluding carboxylic acids is 1. The molecule has 2 aromatic carbocycles. The Balaban J connectivity index is 2.15. The average Bonchev–Trinajstić information content (AvgIpc) is 2.56. The minimum Gasteiger partial charge on any atom is -0.548 e. The Labute approximate surface area is 153 Å². The number of aliphatic carboxylic acids is 1. The number of carboxylic acid groups (broad SMARTS) is 1. The number of aryl methyl sites for hydroxylation is 1. The Hall–Kier alpha value is -2.38. The number of nitrogens with one attached hydrogen (secondary N) is 1. The van der Waals surface area contributed by atoms with Crippen LogP contribution >= 0.6 is 0 Å². The van der Waals surface area contributed by atoms with Gasteiger partial charge in [0.2, 0.25) is 10.0 Å². The van der Waals surface area contributed by atoms with Gasteiger partial charge in [0.15, 0.2) is 0 Å². The van der Waals surface area contributed by atoms with Crippen molar-refractivity contribution in [2.75, 3.05) is 0 Å². The van der Waals surface area contributed by atoms with Crippen LogP contribution in [0.4, 0.5) is 0 Å². The molecule has 0 bridgehead atoms. The van der Waals surface area contributed by atoms with Gasteiger partial charge in [0.1, 0.15) is 11.5 Å². The summed E-state index contributed by atoms with van der Waals surface area (Å²) in [6, 6.07) is 12.0. The number of rotatable bonds is 8. The number of benzene rings is 2. The normalized spacial score (nSPS) is 12.8. The molecule has 2 aromatic rings. The molecule has 0 spiro atoms. The number of carbonyl (C=O) groups is 1. The van der Waals surface area contributed by atoms with E-state index < -0.39 is 22.0 Å². The molecule has 0 heterocycles. The number of para-hydroxylation sites is 1. The van der Waals surface area contributed by atoms with Crippen LogP contribution in [0.25, 0.3) is 0 Å². The van der Waals surface area contributed by atoms with E-state index in [-0.39, 0.29) is 17.2 Å². The molecular weight excluding hydrogens is 354 g/mol. The second kappa shape index (κ2) is 8.33. The molecule has 0 fully saturated rings. The van der Waals surface area contributed by atoms with Gasteiger partial charge in [0.05, 0.1) is 16.9 Å². The molecule has 2 rings (SSSR count). The van der Waals surface area contributed by atoms with Crippen molar-refractivity contribution in [1.29, 1.82) is 0 Å². The van der Waals surface area contributed by atoms with Crippen molar-refractivity contribution in [3.63, 3.8) is 0 Å². The van der Waals surface area contributed by atoms with Crippen LogP contribution in [0, 0.1) is 12.8 Å². The van der Waals surface area contributed by atoms with E-state index in [1.54, 1.807) is 0 Å².